The van der Waals surface area contributed by atoms with Gasteiger partial charge in [0.1, 0.15) is 12.1 Å². The molecule has 1 aromatic carbocycles. The summed E-state index contributed by atoms with van der Waals surface area (Å²) in [5.41, 5.74) is 8.05. The standard InChI is InChI=1S/C11H11N5O/c12-6-8-5-9(17-14-8)7-16-11-4-2-1-3-10(11)13-15-16/h1-5H,6-7,12H2. The van der Waals surface area contributed by atoms with Crippen LogP contribution in [0.15, 0.2) is 34.9 Å². The highest BCUT2D eigenvalue weighted by Crippen LogP contribution is 2.12. The number of benzene rings is 1. The minimum Gasteiger partial charge on any atom is -0.359 e. The van der Waals surface area contributed by atoms with Crippen LogP contribution in [-0.2, 0) is 13.1 Å². The first-order valence-corrected chi connectivity index (χ1v) is 5.29. The van der Waals surface area contributed by atoms with Gasteiger partial charge in [0.25, 0.3) is 0 Å². The van der Waals surface area contributed by atoms with E-state index >= 15 is 0 Å². The Balaban J connectivity index is 1.94. The molecule has 0 amide bonds. The van der Waals surface area contributed by atoms with Gasteiger partial charge in [0.2, 0.25) is 0 Å². The molecule has 0 spiro atoms. The summed E-state index contributed by atoms with van der Waals surface area (Å²) in [4.78, 5) is 0. The number of hydrogen-bond donors (Lipinski definition) is 1. The topological polar surface area (TPSA) is 82.8 Å². The van der Waals surface area contributed by atoms with Crippen molar-refractivity contribution in [2.75, 3.05) is 0 Å². The minimum atomic E-state index is 0.377. The average Bonchev–Trinajstić information content (AvgIpc) is 2.97. The highest BCUT2D eigenvalue weighted by Gasteiger charge is 2.07. The number of aromatic nitrogens is 4. The predicted octanol–water partition coefficient (Wildman–Crippen LogP) is 0.926. The second-order valence-corrected chi connectivity index (χ2v) is 3.72. The Morgan fingerprint density at radius 3 is 3.00 bits per heavy atom. The van der Waals surface area contributed by atoms with Crippen LogP contribution in [0, 0.1) is 0 Å². The van der Waals surface area contributed by atoms with Gasteiger partial charge in [-0.25, -0.2) is 4.68 Å². The third-order valence-electron chi connectivity index (χ3n) is 2.54. The molecule has 0 unspecified atom stereocenters. The monoisotopic (exact) mass is 229 g/mol. The van der Waals surface area contributed by atoms with Crippen LogP contribution in [0.5, 0.6) is 0 Å². The van der Waals surface area contributed by atoms with Crippen molar-refractivity contribution in [1.82, 2.24) is 20.2 Å². The molecule has 86 valence electrons. The van der Waals surface area contributed by atoms with Crippen LogP contribution >= 0.6 is 0 Å². The molecule has 17 heavy (non-hydrogen) atoms. The van der Waals surface area contributed by atoms with Crippen molar-refractivity contribution < 1.29 is 4.52 Å². The lowest BCUT2D eigenvalue weighted by Gasteiger charge is -1.97. The molecule has 2 N–H and O–H groups in total. The average molecular weight is 229 g/mol. The van der Waals surface area contributed by atoms with Crippen LogP contribution in [0.1, 0.15) is 11.5 Å². The molecule has 0 saturated carbocycles. The number of nitrogens with two attached hydrogens (primary N) is 1. The Hall–Kier alpha value is -2.21. The molecule has 3 aromatic rings. The van der Waals surface area contributed by atoms with Crippen molar-refractivity contribution in [1.29, 1.82) is 0 Å². The SMILES string of the molecule is NCc1cc(Cn2nnc3ccccc32)on1. The van der Waals surface area contributed by atoms with Crippen LogP contribution in [0.3, 0.4) is 0 Å². The zero-order valence-corrected chi connectivity index (χ0v) is 9.08. The van der Waals surface area contributed by atoms with E-state index in [0.29, 0.717) is 13.1 Å². The smallest absolute Gasteiger partial charge is 0.158 e. The van der Waals surface area contributed by atoms with Crippen LogP contribution in [0.25, 0.3) is 11.0 Å². The quantitative estimate of drug-likeness (QED) is 0.722. The maximum atomic E-state index is 5.47. The Bertz CT molecular complexity index is 642. The van der Waals surface area contributed by atoms with Gasteiger partial charge in [-0.3, -0.25) is 0 Å². The summed E-state index contributed by atoms with van der Waals surface area (Å²) in [5.74, 6) is 0.723. The molecule has 0 saturated heterocycles. The minimum absolute atomic E-state index is 0.377. The zero-order chi connectivity index (χ0) is 11.7. The van der Waals surface area contributed by atoms with Gasteiger partial charge in [0.15, 0.2) is 5.76 Å². The molecule has 0 atom stereocenters. The van der Waals surface area contributed by atoms with Gasteiger partial charge in [-0.15, -0.1) is 5.10 Å². The van der Waals surface area contributed by atoms with Gasteiger partial charge < -0.3 is 10.3 Å². The van der Waals surface area contributed by atoms with Crippen LogP contribution < -0.4 is 5.73 Å². The van der Waals surface area contributed by atoms with E-state index in [-0.39, 0.29) is 0 Å². The third-order valence-corrected chi connectivity index (χ3v) is 2.54. The Kier molecular flexibility index (Phi) is 2.34. The molecule has 0 aliphatic rings. The number of hydrogen-bond acceptors (Lipinski definition) is 5. The molecule has 0 radical (unpaired) electrons. The largest absolute Gasteiger partial charge is 0.359 e. The summed E-state index contributed by atoms with van der Waals surface area (Å²) in [6.07, 6.45) is 0. The van der Waals surface area contributed by atoms with Gasteiger partial charge in [-0.1, -0.05) is 22.5 Å². The fraction of sp³-hybridized carbons (Fsp3) is 0.182. The first-order valence-electron chi connectivity index (χ1n) is 5.29. The van der Waals surface area contributed by atoms with Crippen molar-refractivity contribution in [3.63, 3.8) is 0 Å². The molecule has 6 nitrogen and oxygen atoms in total. The lowest BCUT2D eigenvalue weighted by Crippen LogP contribution is -2.00. The van der Waals surface area contributed by atoms with E-state index in [1.54, 1.807) is 4.68 Å². The third kappa shape index (κ3) is 1.78. The van der Waals surface area contributed by atoms with Crippen molar-refractivity contribution in [2.24, 2.45) is 5.73 Å². The van der Waals surface area contributed by atoms with E-state index < -0.39 is 0 Å². The normalized spacial score (nSPS) is 11.1. The number of nitrogens with zero attached hydrogens (tertiary/aromatic N) is 4. The van der Waals surface area contributed by atoms with E-state index in [0.717, 1.165) is 22.5 Å². The molecular formula is C11H11N5O. The van der Waals surface area contributed by atoms with E-state index in [1.807, 2.05) is 30.3 Å². The molecule has 0 fully saturated rings. The summed E-state index contributed by atoms with van der Waals surface area (Å²) >= 11 is 0. The van der Waals surface area contributed by atoms with Crippen molar-refractivity contribution in [3.8, 4) is 0 Å². The second kappa shape index (κ2) is 3.99. The van der Waals surface area contributed by atoms with E-state index in [1.165, 1.54) is 0 Å². The second-order valence-electron chi connectivity index (χ2n) is 3.72. The van der Waals surface area contributed by atoms with E-state index in [2.05, 4.69) is 15.5 Å². The first-order chi connectivity index (χ1) is 8.36. The predicted molar refractivity (Wildman–Crippen MR) is 61.0 cm³/mol. The number of para-hydroxylation sites is 1. The number of rotatable bonds is 3. The maximum absolute atomic E-state index is 5.47. The number of fused-ring (bicyclic) bond motifs is 1. The van der Waals surface area contributed by atoms with Crippen LogP contribution in [0.2, 0.25) is 0 Å². The van der Waals surface area contributed by atoms with Gasteiger partial charge in [-0.05, 0) is 12.1 Å². The molecule has 0 aliphatic heterocycles. The lowest BCUT2D eigenvalue weighted by atomic mass is 10.3. The Morgan fingerprint density at radius 2 is 2.18 bits per heavy atom. The molecule has 0 bridgehead atoms. The van der Waals surface area contributed by atoms with Crippen LogP contribution in [-0.4, -0.2) is 20.2 Å². The van der Waals surface area contributed by atoms with Crippen molar-refractivity contribution >= 4 is 11.0 Å². The maximum Gasteiger partial charge on any atom is 0.158 e. The Labute approximate surface area is 97.0 Å². The van der Waals surface area contributed by atoms with Crippen molar-refractivity contribution in [2.45, 2.75) is 13.1 Å². The highest BCUT2D eigenvalue weighted by molar-refractivity contribution is 5.73. The molecule has 2 heterocycles. The van der Waals surface area contributed by atoms with Gasteiger partial charge in [0.05, 0.1) is 11.2 Å². The summed E-state index contributed by atoms with van der Waals surface area (Å²) in [6, 6.07) is 9.60. The highest BCUT2D eigenvalue weighted by atomic mass is 16.5. The molecule has 6 heteroatoms. The van der Waals surface area contributed by atoms with Crippen LogP contribution in [0.4, 0.5) is 0 Å². The van der Waals surface area contributed by atoms with Gasteiger partial charge in [0, 0.05) is 12.6 Å². The summed E-state index contributed by atoms with van der Waals surface area (Å²) < 4.78 is 6.93. The van der Waals surface area contributed by atoms with E-state index in [9.17, 15) is 0 Å². The summed E-state index contributed by atoms with van der Waals surface area (Å²) in [7, 11) is 0. The summed E-state index contributed by atoms with van der Waals surface area (Å²) in [6.45, 7) is 0.884. The fourth-order valence-corrected chi connectivity index (χ4v) is 1.71. The summed E-state index contributed by atoms with van der Waals surface area (Å²) in [5, 5.41) is 12.0. The molecule has 3 rings (SSSR count). The molecular weight excluding hydrogens is 218 g/mol. The molecule has 0 aliphatic carbocycles. The van der Waals surface area contributed by atoms with E-state index in [4.69, 9.17) is 10.3 Å². The van der Waals surface area contributed by atoms with Gasteiger partial charge >= 0.3 is 0 Å². The van der Waals surface area contributed by atoms with Crippen molar-refractivity contribution in [3.05, 3.63) is 41.8 Å². The van der Waals surface area contributed by atoms with Gasteiger partial charge in [-0.2, -0.15) is 0 Å². The fourth-order valence-electron chi connectivity index (χ4n) is 1.71. The Morgan fingerprint density at radius 1 is 1.29 bits per heavy atom. The zero-order valence-electron chi connectivity index (χ0n) is 9.08. The molecule has 2 aromatic heterocycles. The first kappa shape index (κ1) is 9.98. The lowest BCUT2D eigenvalue weighted by molar-refractivity contribution is 0.366.